The van der Waals surface area contributed by atoms with Gasteiger partial charge in [0, 0.05) is 18.1 Å². The van der Waals surface area contributed by atoms with Crippen molar-refractivity contribution in [2.45, 2.75) is 0 Å². The topological polar surface area (TPSA) is 84.2 Å². The fourth-order valence-corrected chi connectivity index (χ4v) is 2.53. The highest BCUT2D eigenvalue weighted by molar-refractivity contribution is 7.18. The fourth-order valence-electron chi connectivity index (χ4n) is 1.74. The monoisotopic (exact) mass is 313 g/mol. The van der Waals surface area contributed by atoms with E-state index in [0.717, 1.165) is 0 Å². The number of furan rings is 1. The van der Waals surface area contributed by atoms with E-state index >= 15 is 0 Å². The molecule has 0 unspecified atom stereocenters. The number of carbonyl (C=O) groups excluding carboxylic acids is 2. The maximum Gasteiger partial charge on any atom is 0.291 e. The molecule has 0 radical (unpaired) electrons. The zero-order valence-electron chi connectivity index (χ0n) is 11.3. The van der Waals surface area contributed by atoms with Gasteiger partial charge in [-0.1, -0.05) is 0 Å². The molecule has 3 aromatic heterocycles. The summed E-state index contributed by atoms with van der Waals surface area (Å²) in [6, 6.07) is 9.93. The third kappa shape index (κ3) is 3.21. The Labute approximate surface area is 129 Å². The molecule has 0 fully saturated rings. The maximum atomic E-state index is 12.1. The Bertz CT molecular complexity index is 781. The summed E-state index contributed by atoms with van der Waals surface area (Å²) in [5, 5.41) is 6.00. The quantitative estimate of drug-likeness (QED) is 0.774. The number of amides is 2. The van der Waals surface area contributed by atoms with Crippen LogP contribution in [0.3, 0.4) is 0 Å². The minimum Gasteiger partial charge on any atom is -0.459 e. The number of rotatable bonds is 4. The molecule has 3 rings (SSSR count). The van der Waals surface area contributed by atoms with Crippen LogP contribution in [0.4, 0.5) is 10.7 Å². The highest BCUT2D eigenvalue weighted by Crippen LogP contribution is 2.23. The fraction of sp³-hybridized carbons (Fsp3) is 0. The second kappa shape index (κ2) is 6.23. The molecule has 0 aromatic carbocycles. The van der Waals surface area contributed by atoms with E-state index in [2.05, 4.69) is 15.6 Å². The second-order valence-corrected chi connectivity index (χ2v) is 5.37. The SMILES string of the molecule is O=C(Nc1ccc(C(=O)Nc2ccncc2)s1)c1ccco1. The lowest BCUT2D eigenvalue weighted by Crippen LogP contribution is -2.10. The van der Waals surface area contributed by atoms with Gasteiger partial charge in [0.1, 0.15) is 0 Å². The van der Waals surface area contributed by atoms with Gasteiger partial charge in [-0.05, 0) is 36.4 Å². The summed E-state index contributed by atoms with van der Waals surface area (Å²) in [5.74, 6) is -0.376. The van der Waals surface area contributed by atoms with Gasteiger partial charge in [-0.25, -0.2) is 0 Å². The molecular weight excluding hydrogens is 302 g/mol. The predicted octanol–water partition coefficient (Wildman–Crippen LogP) is 3.24. The summed E-state index contributed by atoms with van der Waals surface area (Å²) in [6.45, 7) is 0. The van der Waals surface area contributed by atoms with Gasteiger partial charge in [0.15, 0.2) is 5.76 Å². The number of hydrogen-bond acceptors (Lipinski definition) is 5. The lowest BCUT2D eigenvalue weighted by atomic mass is 10.3. The first-order valence-electron chi connectivity index (χ1n) is 6.38. The smallest absolute Gasteiger partial charge is 0.291 e. The maximum absolute atomic E-state index is 12.1. The Balaban J connectivity index is 1.66. The van der Waals surface area contributed by atoms with Gasteiger partial charge in [-0.15, -0.1) is 11.3 Å². The first kappa shape index (κ1) is 14.0. The summed E-state index contributed by atoms with van der Waals surface area (Å²) in [5.41, 5.74) is 0.662. The average molecular weight is 313 g/mol. The van der Waals surface area contributed by atoms with Crippen molar-refractivity contribution < 1.29 is 14.0 Å². The van der Waals surface area contributed by atoms with Crippen molar-refractivity contribution in [1.82, 2.24) is 4.98 Å². The number of nitrogens with one attached hydrogen (secondary N) is 2. The Morgan fingerprint density at radius 1 is 1.00 bits per heavy atom. The molecule has 110 valence electrons. The van der Waals surface area contributed by atoms with Crippen LogP contribution >= 0.6 is 11.3 Å². The lowest BCUT2D eigenvalue weighted by molar-refractivity contribution is 0.0995. The van der Waals surface area contributed by atoms with Crippen molar-refractivity contribution in [1.29, 1.82) is 0 Å². The van der Waals surface area contributed by atoms with Gasteiger partial charge in [0.2, 0.25) is 0 Å². The Morgan fingerprint density at radius 3 is 2.55 bits per heavy atom. The first-order chi connectivity index (χ1) is 10.7. The molecule has 0 saturated carbocycles. The van der Waals surface area contributed by atoms with Crippen LogP contribution in [0, 0.1) is 0 Å². The average Bonchev–Trinajstić information content (AvgIpc) is 3.19. The molecule has 7 heteroatoms. The first-order valence-corrected chi connectivity index (χ1v) is 7.20. The lowest BCUT2D eigenvalue weighted by Gasteiger charge is -2.02. The van der Waals surface area contributed by atoms with E-state index in [1.54, 1.807) is 48.8 Å². The number of hydrogen-bond donors (Lipinski definition) is 2. The van der Waals surface area contributed by atoms with Crippen molar-refractivity contribution in [3.8, 4) is 0 Å². The van der Waals surface area contributed by atoms with Crippen LogP contribution < -0.4 is 10.6 Å². The Kier molecular flexibility index (Phi) is 3.97. The van der Waals surface area contributed by atoms with E-state index in [1.807, 2.05) is 0 Å². The number of anilines is 2. The third-order valence-electron chi connectivity index (χ3n) is 2.75. The minimum absolute atomic E-state index is 0.219. The highest BCUT2D eigenvalue weighted by Gasteiger charge is 2.13. The molecule has 0 atom stereocenters. The van der Waals surface area contributed by atoms with E-state index < -0.39 is 0 Å². The molecule has 22 heavy (non-hydrogen) atoms. The van der Waals surface area contributed by atoms with Gasteiger partial charge in [0.25, 0.3) is 11.8 Å². The third-order valence-corrected chi connectivity index (χ3v) is 3.75. The summed E-state index contributed by atoms with van der Waals surface area (Å²) < 4.78 is 5.01. The molecule has 0 saturated heterocycles. The van der Waals surface area contributed by atoms with Crippen LogP contribution in [0.15, 0.2) is 59.5 Å². The Morgan fingerprint density at radius 2 is 1.82 bits per heavy atom. The number of pyridine rings is 1. The zero-order chi connectivity index (χ0) is 15.4. The molecule has 0 spiro atoms. The normalized spacial score (nSPS) is 10.2. The summed E-state index contributed by atoms with van der Waals surface area (Å²) in [4.78, 5) is 28.3. The molecule has 0 aliphatic rings. The van der Waals surface area contributed by atoms with Gasteiger partial charge >= 0.3 is 0 Å². The summed E-state index contributed by atoms with van der Waals surface area (Å²) in [7, 11) is 0. The molecule has 6 nitrogen and oxygen atoms in total. The van der Waals surface area contributed by atoms with Crippen LogP contribution in [0.25, 0.3) is 0 Å². The van der Waals surface area contributed by atoms with E-state index in [9.17, 15) is 9.59 Å². The summed E-state index contributed by atoms with van der Waals surface area (Å²) in [6.07, 6.45) is 4.62. The van der Waals surface area contributed by atoms with Crippen LogP contribution in [-0.4, -0.2) is 16.8 Å². The van der Waals surface area contributed by atoms with Gasteiger partial charge in [0.05, 0.1) is 16.1 Å². The van der Waals surface area contributed by atoms with Crippen LogP contribution in [0.1, 0.15) is 20.2 Å². The van der Waals surface area contributed by atoms with Crippen LogP contribution in [0.5, 0.6) is 0 Å². The molecule has 3 heterocycles. The largest absolute Gasteiger partial charge is 0.459 e. The van der Waals surface area contributed by atoms with Crippen molar-refractivity contribution in [3.05, 3.63) is 65.7 Å². The van der Waals surface area contributed by atoms with E-state index in [4.69, 9.17) is 4.42 Å². The molecule has 2 amide bonds. The molecule has 0 aliphatic heterocycles. The molecule has 0 bridgehead atoms. The zero-order valence-corrected chi connectivity index (χ0v) is 12.1. The van der Waals surface area contributed by atoms with E-state index in [0.29, 0.717) is 15.6 Å². The van der Waals surface area contributed by atoms with Crippen molar-refractivity contribution in [2.75, 3.05) is 10.6 Å². The number of thiophene rings is 1. The number of nitrogens with zero attached hydrogens (tertiary/aromatic N) is 1. The van der Waals surface area contributed by atoms with Crippen molar-refractivity contribution in [2.24, 2.45) is 0 Å². The second-order valence-electron chi connectivity index (χ2n) is 4.29. The standard InChI is InChI=1S/C15H11N3O3S/c19-14(11-2-1-9-21-11)18-13-4-3-12(22-13)15(20)17-10-5-7-16-8-6-10/h1-9H,(H,18,19)(H,16,17,20). The predicted molar refractivity (Wildman–Crippen MR) is 83.2 cm³/mol. The highest BCUT2D eigenvalue weighted by atomic mass is 32.1. The summed E-state index contributed by atoms with van der Waals surface area (Å²) >= 11 is 1.18. The number of aromatic nitrogens is 1. The molecule has 3 aromatic rings. The van der Waals surface area contributed by atoms with Crippen LogP contribution in [-0.2, 0) is 0 Å². The molecule has 2 N–H and O–H groups in total. The van der Waals surface area contributed by atoms with Crippen molar-refractivity contribution in [3.63, 3.8) is 0 Å². The van der Waals surface area contributed by atoms with Crippen molar-refractivity contribution >= 4 is 33.8 Å². The molecular formula is C15H11N3O3S. The van der Waals surface area contributed by atoms with Gasteiger partial charge in [-0.2, -0.15) is 0 Å². The van der Waals surface area contributed by atoms with E-state index in [-0.39, 0.29) is 17.6 Å². The van der Waals surface area contributed by atoms with Gasteiger partial charge < -0.3 is 15.1 Å². The molecule has 0 aliphatic carbocycles. The minimum atomic E-state index is -0.354. The number of carbonyl (C=O) groups is 2. The van der Waals surface area contributed by atoms with Gasteiger partial charge in [-0.3, -0.25) is 14.6 Å². The van der Waals surface area contributed by atoms with E-state index in [1.165, 1.54) is 17.6 Å². The Hall–Kier alpha value is -2.93. The van der Waals surface area contributed by atoms with Crippen LogP contribution in [0.2, 0.25) is 0 Å².